The first-order chi connectivity index (χ1) is 14.3. The van der Waals surface area contributed by atoms with Gasteiger partial charge in [-0.15, -0.1) is 0 Å². The van der Waals surface area contributed by atoms with Crippen molar-refractivity contribution in [2.75, 3.05) is 0 Å². The predicted octanol–water partition coefficient (Wildman–Crippen LogP) is 5.55. The molecule has 0 spiro atoms. The van der Waals surface area contributed by atoms with Gasteiger partial charge in [-0.1, -0.05) is 42.5 Å². The molecule has 154 valence electrons. The Kier molecular flexibility index (Phi) is 6.72. The van der Waals surface area contributed by atoms with E-state index < -0.39 is 17.4 Å². The molecule has 0 unspecified atom stereocenters. The maximum absolute atomic E-state index is 14.3. The van der Waals surface area contributed by atoms with E-state index in [9.17, 15) is 18.4 Å². The Morgan fingerprint density at radius 2 is 1.50 bits per heavy atom. The topological polar surface area (TPSA) is 43.4 Å². The lowest BCUT2D eigenvalue weighted by Gasteiger charge is -2.09. The third-order valence-electron chi connectivity index (χ3n) is 4.50. The number of benzene rings is 3. The summed E-state index contributed by atoms with van der Waals surface area (Å²) in [6.45, 7) is 3.55. The molecule has 3 aromatic rings. The lowest BCUT2D eigenvalue weighted by Crippen LogP contribution is -2.14. The molecule has 3 rings (SSSR count). The van der Waals surface area contributed by atoms with E-state index in [2.05, 4.69) is 0 Å². The highest BCUT2D eigenvalue weighted by atomic mass is 19.1. The molecule has 3 aromatic carbocycles. The van der Waals surface area contributed by atoms with Crippen LogP contribution in [0.3, 0.4) is 0 Å². The summed E-state index contributed by atoms with van der Waals surface area (Å²) in [4.78, 5) is 24.6. The molecule has 30 heavy (non-hydrogen) atoms. The molecule has 0 fully saturated rings. The summed E-state index contributed by atoms with van der Waals surface area (Å²) in [6, 6.07) is 17.1. The predicted molar refractivity (Wildman–Crippen MR) is 111 cm³/mol. The number of ether oxygens (including phenoxy) is 1. The summed E-state index contributed by atoms with van der Waals surface area (Å²) in [5.74, 6) is -1.77. The quantitative estimate of drug-likeness (QED) is 0.380. The maximum atomic E-state index is 14.3. The molecule has 0 aliphatic heterocycles. The number of hydrogen-bond donors (Lipinski definition) is 0. The van der Waals surface area contributed by atoms with Crippen molar-refractivity contribution in [3.63, 3.8) is 0 Å². The normalized spacial score (nSPS) is 10.8. The zero-order chi connectivity index (χ0) is 21.7. The van der Waals surface area contributed by atoms with Gasteiger partial charge in [-0.05, 0) is 60.4 Å². The minimum Gasteiger partial charge on any atom is -0.463 e. The standard InChI is InChI=1S/C25H22F2O3/c1-16(2)30-25(29)13-18-6-3-5-17(11-18)12-24(28)22-15-20(9-10-23(22)27)19-7-4-8-21(26)14-19/h3-11,14-16H,12-13H2,1-2H3. The molecule has 0 aliphatic carbocycles. The molecule has 0 saturated heterocycles. The van der Waals surface area contributed by atoms with Crippen LogP contribution in [0.1, 0.15) is 35.3 Å². The molecule has 0 aromatic heterocycles. The van der Waals surface area contributed by atoms with Crippen LogP contribution in [0.15, 0.2) is 66.7 Å². The summed E-state index contributed by atoms with van der Waals surface area (Å²) < 4.78 is 33.0. The Hall–Kier alpha value is -3.34. The van der Waals surface area contributed by atoms with Crippen molar-refractivity contribution >= 4 is 11.8 Å². The number of ketones is 1. The largest absolute Gasteiger partial charge is 0.463 e. The van der Waals surface area contributed by atoms with Crippen molar-refractivity contribution in [1.29, 1.82) is 0 Å². The van der Waals surface area contributed by atoms with E-state index in [0.29, 0.717) is 16.7 Å². The molecule has 0 amide bonds. The van der Waals surface area contributed by atoms with E-state index in [1.54, 1.807) is 50.2 Å². The van der Waals surface area contributed by atoms with Crippen molar-refractivity contribution in [2.24, 2.45) is 0 Å². The minimum absolute atomic E-state index is 0.0173. The van der Waals surface area contributed by atoms with Gasteiger partial charge in [0, 0.05) is 6.42 Å². The maximum Gasteiger partial charge on any atom is 0.310 e. The van der Waals surface area contributed by atoms with E-state index in [4.69, 9.17) is 4.74 Å². The Bertz CT molecular complexity index is 1070. The van der Waals surface area contributed by atoms with E-state index >= 15 is 0 Å². The average Bonchev–Trinajstić information content (AvgIpc) is 2.67. The number of halogens is 2. The van der Waals surface area contributed by atoms with Crippen LogP contribution >= 0.6 is 0 Å². The summed E-state index contributed by atoms with van der Waals surface area (Å²) in [6.07, 6.45) is -0.115. The van der Waals surface area contributed by atoms with Crippen LogP contribution in [0, 0.1) is 11.6 Å². The molecule has 5 heteroatoms. The summed E-state index contributed by atoms with van der Waals surface area (Å²) in [7, 11) is 0. The third kappa shape index (κ3) is 5.60. The molecule has 0 atom stereocenters. The van der Waals surface area contributed by atoms with E-state index in [-0.39, 0.29) is 30.5 Å². The van der Waals surface area contributed by atoms with Crippen LogP contribution in [-0.4, -0.2) is 17.9 Å². The van der Waals surface area contributed by atoms with Gasteiger partial charge >= 0.3 is 5.97 Å². The van der Waals surface area contributed by atoms with Crippen molar-refractivity contribution in [3.8, 4) is 11.1 Å². The number of carbonyl (C=O) groups excluding carboxylic acids is 2. The molecule has 0 radical (unpaired) electrons. The van der Waals surface area contributed by atoms with Crippen molar-refractivity contribution in [3.05, 3.63) is 95.1 Å². The Balaban J connectivity index is 1.78. The smallest absolute Gasteiger partial charge is 0.310 e. The molecular formula is C25H22F2O3. The van der Waals surface area contributed by atoms with Crippen molar-refractivity contribution < 1.29 is 23.1 Å². The lowest BCUT2D eigenvalue weighted by molar-refractivity contribution is -0.146. The van der Waals surface area contributed by atoms with E-state index in [1.807, 2.05) is 0 Å². The fraction of sp³-hybridized carbons (Fsp3) is 0.200. The second-order valence-corrected chi connectivity index (χ2v) is 7.34. The van der Waals surface area contributed by atoms with Gasteiger partial charge in [-0.3, -0.25) is 9.59 Å². The third-order valence-corrected chi connectivity index (χ3v) is 4.50. The fourth-order valence-corrected chi connectivity index (χ4v) is 3.19. The summed E-state index contributed by atoms with van der Waals surface area (Å²) in [5, 5.41) is 0. The highest BCUT2D eigenvalue weighted by molar-refractivity contribution is 5.98. The van der Waals surface area contributed by atoms with Gasteiger partial charge in [-0.25, -0.2) is 8.78 Å². The van der Waals surface area contributed by atoms with Gasteiger partial charge in [0.2, 0.25) is 0 Å². The zero-order valence-corrected chi connectivity index (χ0v) is 16.8. The second kappa shape index (κ2) is 9.44. The first-order valence-electron chi connectivity index (χ1n) is 9.68. The molecular weight excluding hydrogens is 386 g/mol. The number of carbonyl (C=O) groups is 2. The lowest BCUT2D eigenvalue weighted by atomic mass is 9.97. The van der Waals surface area contributed by atoms with Crippen LogP contribution in [-0.2, 0) is 22.4 Å². The first-order valence-corrected chi connectivity index (χ1v) is 9.68. The Morgan fingerprint density at radius 3 is 2.20 bits per heavy atom. The van der Waals surface area contributed by atoms with Gasteiger partial charge < -0.3 is 4.74 Å². The fourth-order valence-electron chi connectivity index (χ4n) is 3.19. The summed E-state index contributed by atoms with van der Waals surface area (Å²) >= 11 is 0. The molecule has 0 heterocycles. The molecule has 0 bridgehead atoms. The van der Waals surface area contributed by atoms with Crippen LogP contribution in [0.25, 0.3) is 11.1 Å². The molecule has 3 nitrogen and oxygen atoms in total. The van der Waals surface area contributed by atoms with Crippen molar-refractivity contribution in [2.45, 2.75) is 32.8 Å². The number of hydrogen-bond acceptors (Lipinski definition) is 3. The van der Waals surface area contributed by atoms with Gasteiger partial charge in [0.1, 0.15) is 11.6 Å². The Labute approximate surface area is 174 Å². The number of Topliss-reactive ketones (excluding diaryl/α,β-unsaturated/α-hetero) is 1. The van der Waals surface area contributed by atoms with Crippen LogP contribution in [0.4, 0.5) is 8.78 Å². The van der Waals surface area contributed by atoms with Gasteiger partial charge in [0.25, 0.3) is 0 Å². The molecule has 0 saturated carbocycles. The van der Waals surface area contributed by atoms with Gasteiger partial charge in [0.15, 0.2) is 5.78 Å². The van der Waals surface area contributed by atoms with Crippen LogP contribution in [0.5, 0.6) is 0 Å². The second-order valence-electron chi connectivity index (χ2n) is 7.34. The van der Waals surface area contributed by atoms with Crippen LogP contribution in [0.2, 0.25) is 0 Å². The van der Waals surface area contributed by atoms with Gasteiger partial charge in [-0.2, -0.15) is 0 Å². The van der Waals surface area contributed by atoms with Crippen LogP contribution < -0.4 is 0 Å². The molecule has 0 aliphatic rings. The summed E-state index contributed by atoms with van der Waals surface area (Å²) in [5.41, 5.74) is 2.46. The average molecular weight is 408 g/mol. The first kappa shape index (κ1) is 21.4. The van der Waals surface area contributed by atoms with Crippen molar-refractivity contribution in [1.82, 2.24) is 0 Å². The van der Waals surface area contributed by atoms with E-state index in [1.165, 1.54) is 30.3 Å². The number of esters is 1. The number of rotatable bonds is 7. The highest BCUT2D eigenvalue weighted by Gasteiger charge is 2.15. The monoisotopic (exact) mass is 408 g/mol. The minimum atomic E-state index is -0.628. The zero-order valence-electron chi connectivity index (χ0n) is 16.8. The Morgan fingerprint density at radius 1 is 0.833 bits per heavy atom. The SMILES string of the molecule is CC(C)OC(=O)Cc1cccc(CC(=O)c2cc(-c3cccc(F)c3)ccc2F)c1. The van der Waals surface area contributed by atoms with Gasteiger partial charge in [0.05, 0.1) is 18.1 Å². The molecule has 0 N–H and O–H groups in total. The van der Waals surface area contributed by atoms with E-state index in [0.717, 1.165) is 5.56 Å². The highest BCUT2D eigenvalue weighted by Crippen LogP contribution is 2.24.